The number of anilines is 2. The van der Waals surface area contributed by atoms with Crippen molar-refractivity contribution in [1.82, 2.24) is 9.97 Å². The summed E-state index contributed by atoms with van der Waals surface area (Å²) in [4.78, 5) is 21.1. The molecule has 1 aromatic heterocycles. The van der Waals surface area contributed by atoms with Gasteiger partial charge in [-0.05, 0) is 49.2 Å². The second-order valence-corrected chi connectivity index (χ2v) is 6.36. The third-order valence-electron chi connectivity index (χ3n) is 3.89. The number of benzene rings is 2. The number of rotatable bonds is 5. The van der Waals surface area contributed by atoms with Crippen LogP contribution >= 0.6 is 11.6 Å². The molecule has 26 heavy (non-hydrogen) atoms. The molecule has 0 bridgehead atoms. The van der Waals surface area contributed by atoms with Gasteiger partial charge in [0.15, 0.2) is 0 Å². The van der Waals surface area contributed by atoms with Crippen molar-refractivity contribution in [3.05, 3.63) is 82.3 Å². The number of aryl methyl sites for hydroxylation is 2. The van der Waals surface area contributed by atoms with E-state index in [0.717, 1.165) is 0 Å². The van der Waals surface area contributed by atoms with E-state index in [1.165, 1.54) is 11.1 Å². The lowest BCUT2D eigenvalue weighted by Gasteiger charge is -2.10. The lowest BCUT2D eigenvalue weighted by Crippen LogP contribution is -2.16. The Morgan fingerprint density at radius 2 is 1.77 bits per heavy atom. The fourth-order valence-corrected chi connectivity index (χ4v) is 2.62. The van der Waals surface area contributed by atoms with Crippen LogP contribution in [0.25, 0.3) is 0 Å². The Kier molecular flexibility index (Phi) is 5.49. The third-order valence-corrected chi connectivity index (χ3v) is 4.15. The fraction of sp³-hybridized carbons (Fsp3) is 0.150. The maximum Gasteiger partial charge on any atom is 0.274 e. The zero-order chi connectivity index (χ0) is 18.5. The third kappa shape index (κ3) is 4.58. The molecule has 0 fully saturated rings. The van der Waals surface area contributed by atoms with Crippen molar-refractivity contribution >= 4 is 29.0 Å². The molecule has 0 saturated heterocycles. The average Bonchev–Trinajstić information content (AvgIpc) is 2.62. The Bertz CT molecular complexity index is 925. The van der Waals surface area contributed by atoms with Crippen LogP contribution in [-0.2, 0) is 6.54 Å². The maximum absolute atomic E-state index is 12.5. The van der Waals surface area contributed by atoms with E-state index < -0.39 is 0 Å². The maximum atomic E-state index is 12.5. The standard InChI is InChI=1S/C20H19ClN4O/c1-13-5-3-4-6-15(13)12-22-19-11-18(23-14(2)24-19)20(26)25-17-9-7-16(21)8-10-17/h3-11H,12H2,1-2H3,(H,25,26)(H,22,23,24). The molecule has 1 amide bonds. The Hall–Kier alpha value is -2.92. The summed E-state index contributed by atoms with van der Waals surface area (Å²) in [7, 11) is 0. The van der Waals surface area contributed by atoms with Crippen LogP contribution in [0.2, 0.25) is 5.02 Å². The largest absolute Gasteiger partial charge is 0.366 e. The SMILES string of the molecule is Cc1nc(NCc2ccccc2C)cc(C(=O)Nc2ccc(Cl)cc2)n1. The van der Waals surface area contributed by atoms with Crippen LogP contribution in [0.15, 0.2) is 54.6 Å². The van der Waals surface area contributed by atoms with Crippen LogP contribution in [0, 0.1) is 13.8 Å². The normalized spacial score (nSPS) is 10.4. The summed E-state index contributed by atoms with van der Waals surface area (Å²) in [5.74, 6) is 0.847. The second-order valence-electron chi connectivity index (χ2n) is 5.93. The van der Waals surface area contributed by atoms with Gasteiger partial charge in [-0.1, -0.05) is 35.9 Å². The fourth-order valence-electron chi connectivity index (χ4n) is 2.50. The highest BCUT2D eigenvalue weighted by Crippen LogP contribution is 2.16. The number of carbonyl (C=O) groups is 1. The molecular formula is C20H19ClN4O. The smallest absolute Gasteiger partial charge is 0.274 e. The van der Waals surface area contributed by atoms with E-state index >= 15 is 0 Å². The van der Waals surface area contributed by atoms with Gasteiger partial charge in [0.2, 0.25) is 0 Å². The predicted octanol–water partition coefficient (Wildman–Crippen LogP) is 4.61. The molecule has 0 saturated carbocycles. The van der Waals surface area contributed by atoms with Crippen molar-refractivity contribution in [3.63, 3.8) is 0 Å². The summed E-state index contributed by atoms with van der Waals surface area (Å²) in [6, 6.07) is 16.7. The van der Waals surface area contributed by atoms with E-state index in [0.29, 0.717) is 34.6 Å². The zero-order valence-corrected chi connectivity index (χ0v) is 15.3. The molecule has 0 atom stereocenters. The van der Waals surface area contributed by atoms with Crippen LogP contribution in [0.5, 0.6) is 0 Å². The van der Waals surface area contributed by atoms with Gasteiger partial charge in [0.25, 0.3) is 5.91 Å². The van der Waals surface area contributed by atoms with Crippen molar-refractivity contribution in [2.45, 2.75) is 20.4 Å². The molecule has 0 radical (unpaired) electrons. The molecule has 6 heteroatoms. The molecule has 0 spiro atoms. The Morgan fingerprint density at radius 1 is 1.04 bits per heavy atom. The summed E-state index contributed by atoms with van der Waals surface area (Å²) in [5, 5.41) is 6.68. The number of carbonyl (C=O) groups excluding carboxylic acids is 1. The molecule has 2 N–H and O–H groups in total. The average molecular weight is 367 g/mol. The van der Waals surface area contributed by atoms with Crippen molar-refractivity contribution in [2.24, 2.45) is 0 Å². The van der Waals surface area contributed by atoms with E-state index in [-0.39, 0.29) is 5.91 Å². The van der Waals surface area contributed by atoms with Crippen molar-refractivity contribution in [2.75, 3.05) is 10.6 Å². The van der Waals surface area contributed by atoms with Crippen LogP contribution in [0.4, 0.5) is 11.5 Å². The second kappa shape index (κ2) is 7.97. The van der Waals surface area contributed by atoms with Gasteiger partial charge in [0.1, 0.15) is 17.3 Å². The summed E-state index contributed by atoms with van der Waals surface area (Å²) >= 11 is 5.86. The van der Waals surface area contributed by atoms with Crippen molar-refractivity contribution in [3.8, 4) is 0 Å². The lowest BCUT2D eigenvalue weighted by molar-refractivity contribution is 0.102. The highest BCUT2D eigenvalue weighted by atomic mass is 35.5. The lowest BCUT2D eigenvalue weighted by atomic mass is 10.1. The summed E-state index contributed by atoms with van der Waals surface area (Å²) in [5.41, 5.74) is 3.34. The summed E-state index contributed by atoms with van der Waals surface area (Å²) in [6.07, 6.45) is 0. The van der Waals surface area contributed by atoms with Gasteiger partial charge in [-0.15, -0.1) is 0 Å². The first kappa shape index (κ1) is 17.9. The number of nitrogens with zero attached hydrogens (tertiary/aromatic N) is 2. The number of aromatic nitrogens is 2. The predicted molar refractivity (Wildman–Crippen MR) is 105 cm³/mol. The molecule has 1 heterocycles. The van der Waals surface area contributed by atoms with E-state index in [1.54, 1.807) is 37.3 Å². The first-order valence-corrected chi connectivity index (χ1v) is 8.60. The first-order chi connectivity index (χ1) is 12.5. The van der Waals surface area contributed by atoms with E-state index in [1.807, 2.05) is 12.1 Å². The Morgan fingerprint density at radius 3 is 2.50 bits per heavy atom. The molecule has 0 unspecified atom stereocenters. The quantitative estimate of drug-likeness (QED) is 0.691. The number of hydrogen-bond donors (Lipinski definition) is 2. The molecule has 3 aromatic rings. The topological polar surface area (TPSA) is 66.9 Å². The van der Waals surface area contributed by atoms with Gasteiger partial charge in [-0.25, -0.2) is 9.97 Å². The van der Waals surface area contributed by atoms with Gasteiger partial charge >= 0.3 is 0 Å². The van der Waals surface area contributed by atoms with Crippen LogP contribution < -0.4 is 10.6 Å². The first-order valence-electron chi connectivity index (χ1n) is 8.22. The highest BCUT2D eigenvalue weighted by molar-refractivity contribution is 6.30. The van der Waals surface area contributed by atoms with Crippen LogP contribution in [-0.4, -0.2) is 15.9 Å². The monoisotopic (exact) mass is 366 g/mol. The molecule has 3 rings (SSSR count). The van der Waals surface area contributed by atoms with Gasteiger partial charge in [0, 0.05) is 23.3 Å². The number of amides is 1. The molecule has 0 aliphatic rings. The molecule has 0 aliphatic heterocycles. The van der Waals surface area contributed by atoms with Crippen LogP contribution in [0.1, 0.15) is 27.4 Å². The van der Waals surface area contributed by atoms with E-state index in [9.17, 15) is 4.79 Å². The van der Waals surface area contributed by atoms with Gasteiger partial charge < -0.3 is 10.6 Å². The van der Waals surface area contributed by atoms with Gasteiger partial charge in [-0.3, -0.25) is 4.79 Å². The molecule has 2 aromatic carbocycles. The molecule has 0 aliphatic carbocycles. The molecule has 132 valence electrons. The minimum absolute atomic E-state index is 0.295. The minimum atomic E-state index is -0.295. The summed E-state index contributed by atoms with van der Waals surface area (Å²) in [6.45, 7) is 4.45. The molecule has 5 nitrogen and oxygen atoms in total. The number of halogens is 1. The highest BCUT2D eigenvalue weighted by Gasteiger charge is 2.11. The van der Waals surface area contributed by atoms with E-state index in [4.69, 9.17) is 11.6 Å². The van der Waals surface area contributed by atoms with Crippen molar-refractivity contribution < 1.29 is 4.79 Å². The van der Waals surface area contributed by atoms with E-state index in [2.05, 4.69) is 39.7 Å². The van der Waals surface area contributed by atoms with Crippen LogP contribution in [0.3, 0.4) is 0 Å². The minimum Gasteiger partial charge on any atom is -0.366 e. The number of nitrogens with one attached hydrogen (secondary N) is 2. The Labute approximate surface area is 157 Å². The zero-order valence-electron chi connectivity index (χ0n) is 14.6. The Balaban J connectivity index is 1.73. The summed E-state index contributed by atoms with van der Waals surface area (Å²) < 4.78 is 0. The molecular weight excluding hydrogens is 348 g/mol. The van der Waals surface area contributed by atoms with Crippen molar-refractivity contribution in [1.29, 1.82) is 0 Å². The number of hydrogen-bond acceptors (Lipinski definition) is 4. The van der Waals surface area contributed by atoms with Gasteiger partial charge in [0.05, 0.1) is 0 Å². The van der Waals surface area contributed by atoms with Gasteiger partial charge in [-0.2, -0.15) is 0 Å².